The second-order valence-electron chi connectivity index (χ2n) is 9.25. The van der Waals surface area contributed by atoms with Gasteiger partial charge in [0.25, 0.3) is 0 Å². The normalized spacial score (nSPS) is 25.8. The number of methoxy groups -OCH3 is 4. The fraction of sp³-hybridized carbons (Fsp3) is 0.379. The lowest BCUT2D eigenvalue weighted by atomic mass is 9.63. The van der Waals surface area contributed by atoms with Gasteiger partial charge in [0.2, 0.25) is 0 Å². The lowest BCUT2D eigenvalue weighted by molar-refractivity contribution is -0.118. The van der Waals surface area contributed by atoms with Crippen molar-refractivity contribution in [1.82, 2.24) is 5.32 Å². The van der Waals surface area contributed by atoms with E-state index in [0.717, 1.165) is 11.1 Å². The maximum absolute atomic E-state index is 13.9. The monoisotopic (exact) mass is 495 g/mol. The summed E-state index contributed by atoms with van der Waals surface area (Å²) in [6.07, 6.45) is 0. The molecule has 5 atom stereocenters. The van der Waals surface area contributed by atoms with Gasteiger partial charge < -0.3 is 29.4 Å². The van der Waals surface area contributed by atoms with E-state index in [0.29, 0.717) is 28.6 Å². The summed E-state index contributed by atoms with van der Waals surface area (Å²) in [4.78, 5) is 0. The molecule has 0 aromatic heterocycles. The van der Waals surface area contributed by atoms with Crippen LogP contribution in [0.3, 0.4) is 0 Å². The van der Waals surface area contributed by atoms with Gasteiger partial charge in [-0.2, -0.15) is 0 Å². The molecule has 1 unspecified atom stereocenters. The fourth-order valence-corrected chi connectivity index (χ4v) is 5.53. The highest BCUT2D eigenvalue weighted by molar-refractivity contribution is 5.47. The molecule has 2 N–H and O–H groups in total. The third kappa shape index (κ3) is 4.38. The molecule has 0 aliphatic carbocycles. The maximum atomic E-state index is 13.9. The molecule has 0 saturated carbocycles. The Labute approximate surface area is 212 Å². The highest BCUT2D eigenvalue weighted by atomic mass is 19.1. The highest BCUT2D eigenvalue weighted by Gasteiger charge is 2.53. The van der Waals surface area contributed by atoms with E-state index in [1.54, 1.807) is 40.6 Å². The fourth-order valence-electron chi connectivity index (χ4n) is 5.53. The van der Waals surface area contributed by atoms with E-state index in [1.807, 2.05) is 50.2 Å². The molecule has 0 spiro atoms. The zero-order valence-electron chi connectivity index (χ0n) is 21.5. The Morgan fingerprint density at radius 1 is 0.694 bits per heavy atom. The predicted octanol–water partition coefficient (Wildman–Crippen LogP) is 5.41. The van der Waals surface area contributed by atoms with E-state index >= 15 is 0 Å². The summed E-state index contributed by atoms with van der Waals surface area (Å²) in [5.74, 6) is 1.70. The second-order valence-corrected chi connectivity index (χ2v) is 9.25. The SMILES string of the molecule is COc1ccc(OC)c([C@H]2N[C@@H](c3cc(OC)ccc3OC)[C@@H](C)C(O)(c3ccc(F)cc3)[C@H]2C)c1. The molecule has 3 aromatic rings. The Hall–Kier alpha value is -3.29. The van der Waals surface area contributed by atoms with Crippen molar-refractivity contribution in [1.29, 1.82) is 0 Å². The Morgan fingerprint density at radius 2 is 1.14 bits per heavy atom. The summed E-state index contributed by atoms with van der Waals surface area (Å²) in [5.41, 5.74) is 1.02. The van der Waals surface area contributed by atoms with E-state index in [2.05, 4.69) is 5.32 Å². The van der Waals surface area contributed by atoms with E-state index in [1.165, 1.54) is 12.1 Å². The van der Waals surface area contributed by atoms with Crippen molar-refractivity contribution in [3.63, 3.8) is 0 Å². The number of halogens is 1. The lowest BCUT2D eigenvalue weighted by Gasteiger charge is -2.52. The minimum Gasteiger partial charge on any atom is -0.497 e. The van der Waals surface area contributed by atoms with Gasteiger partial charge in [-0.3, -0.25) is 0 Å². The van der Waals surface area contributed by atoms with Gasteiger partial charge in [-0.05, 0) is 54.1 Å². The average molecular weight is 496 g/mol. The van der Waals surface area contributed by atoms with Crippen LogP contribution in [0, 0.1) is 17.7 Å². The van der Waals surface area contributed by atoms with Crippen LogP contribution in [0.15, 0.2) is 60.7 Å². The molecule has 36 heavy (non-hydrogen) atoms. The number of piperidine rings is 1. The predicted molar refractivity (Wildman–Crippen MR) is 136 cm³/mol. The Balaban J connectivity index is 1.94. The first-order valence-corrected chi connectivity index (χ1v) is 12.0. The van der Waals surface area contributed by atoms with Crippen LogP contribution in [0.1, 0.15) is 42.6 Å². The Bertz CT molecular complexity index is 1130. The molecular weight excluding hydrogens is 461 g/mol. The summed E-state index contributed by atoms with van der Waals surface area (Å²) in [5, 5.41) is 16.3. The van der Waals surface area contributed by atoms with Gasteiger partial charge in [0.1, 0.15) is 28.8 Å². The van der Waals surface area contributed by atoms with Crippen LogP contribution in [0.25, 0.3) is 0 Å². The van der Waals surface area contributed by atoms with Gasteiger partial charge in [-0.1, -0.05) is 26.0 Å². The standard InChI is InChI=1S/C29H34FNO5/c1-17-27(23-15-21(33-3)11-13-25(23)35-5)31-28(24-16-22(34-4)12-14-26(24)36-6)18(2)29(17,32)19-7-9-20(30)10-8-19/h7-18,27-28,31-32H,1-6H3/t17-,18+,27-,28+,29?. The Morgan fingerprint density at radius 3 is 1.53 bits per heavy atom. The van der Waals surface area contributed by atoms with Crippen LogP contribution in [0.5, 0.6) is 23.0 Å². The minimum atomic E-state index is -1.32. The van der Waals surface area contributed by atoms with Crippen LogP contribution in [0.4, 0.5) is 4.39 Å². The molecular formula is C29H34FNO5. The van der Waals surface area contributed by atoms with Crippen molar-refractivity contribution in [3.8, 4) is 23.0 Å². The van der Waals surface area contributed by atoms with E-state index in [4.69, 9.17) is 18.9 Å². The van der Waals surface area contributed by atoms with Crippen molar-refractivity contribution < 1.29 is 28.4 Å². The van der Waals surface area contributed by atoms with Crippen molar-refractivity contribution in [3.05, 3.63) is 83.2 Å². The van der Waals surface area contributed by atoms with E-state index in [9.17, 15) is 9.50 Å². The summed E-state index contributed by atoms with van der Waals surface area (Å²) < 4.78 is 36.3. The van der Waals surface area contributed by atoms with Gasteiger partial charge in [-0.15, -0.1) is 0 Å². The third-order valence-corrected chi connectivity index (χ3v) is 7.60. The van der Waals surface area contributed by atoms with Crippen LogP contribution < -0.4 is 24.3 Å². The molecule has 3 aromatic carbocycles. The molecule has 6 nitrogen and oxygen atoms in total. The van der Waals surface area contributed by atoms with Gasteiger partial charge in [0.05, 0.1) is 34.0 Å². The number of ether oxygens (including phenoxy) is 4. The molecule has 1 heterocycles. The number of benzene rings is 3. The zero-order chi connectivity index (χ0) is 26.0. The number of nitrogens with one attached hydrogen (secondary N) is 1. The molecule has 0 bridgehead atoms. The smallest absolute Gasteiger partial charge is 0.123 e. The summed E-state index contributed by atoms with van der Waals surface area (Å²) in [6.45, 7) is 3.99. The molecule has 192 valence electrons. The zero-order valence-corrected chi connectivity index (χ0v) is 21.5. The molecule has 1 saturated heterocycles. The van der Waals surface area contributed by atoms with Gasteiger partial charge in [0, 0.05) is 35.0 Å². The van der Waals surface area contributed by atoms with Crippen LogP contribution in [0.2, 0.25) is 0 Å². The van der Waals surface area contributed by atoms with E-state index < -0.39 is 5.60 Å². The number of hydrogen-bond donors (Lipinski definition) is 2. The number of rotatable bonds is 7. The Kier molecular flexibility index (Phi) is 7.43. The largest absolute Gasteiger partial charge is 0.497 e. The van der Waals surface area contributed by atoms with Crippen molar-refractivity contribution >= 4 is 0 Å². The number of hydrogen-bond acceptors (Lipinski definition) is 6. The first-order valence-electron chi connectivity index (χ1n) is 12.0. The number of aliphatic hydroxyl groups is 1. The first kappa shape index (κ1) is 25.8. The molecule has 0 radical (unpaired) electrons. The molecule has 7 heteroatoms. The lowest BCUT2D eigenvalue weighted by Crippen LogP contribution is -2.55. The van der Waals surface area contributed by atoms with Crippen LogP contribution in [-0.4, -0.2) is 33.5 Å². The summed E-state index contributed by atoms with van der Waals surface area (Å²) >= 11 is 0. The van der Waals surface area contributed by atoms with Crippen molar-refractivity contribution in [2.45, 2.75) is 31.5 Å². The van der Waals surface area contributed by atoms with E-state index in [-0.39, 0.29) is 29.7 Å². The second kappa shape index (κ2) is 10.4. The molecule has 4 rings (SSSR count). The highest BCUT2D eigenvalue weighted by Crippen LogP contribution is 2.54. The minimum absolute atomic E-state index is 0.327. The quantitative estimate of drug-likeness (QED) is 0.457. The summed E-state index contributed by atoms with van der Waals surface area (Å²) in [7, 11) is 6.47. The molecule has 0 amide bonds. The molecule has 1 aliphatic rings. The van der Waals surface area contributed by atoms with Crippen molar-refractivity contribution in [2.24, 2.45) is 11.8 Å². The molecule has 1 fully saturated rings. The van der Waals surface area contributed by atoms with Crippen LogP contribution in [-0.2, 0) is 5.60 Å². The topological polar surface area (TPSA) is 69.2 Å². The van der Waals surface area contributed by atoms with Crippen LogP contribution >= 0.6 is 0 Å². The van der Waals surface area contributed by atoms with Crippen molar-refractivity contribution in [2.75, 3.05) is 28.4 Å². The molecule has 1 aliphatic heterocycles. The van der Waals surface area contributed by atoms with Gasteiger partial charge >= 0.3 is 0 Å². The van der Waals surface area contributed by atoms with Gasteiger partial charge in [-0.25, -0.2) is 4.39 Å². The maximum Gasteiger partial charge on any atom is 0.123 e. The average Bonchev–Trinajstić information content (AvgIpc) is 2.91. The van der Waals surface area contributed by atoms with Gasteiger partial charge in [0.15, 0.2) is 0 Å². The third-order valence-electron chi connectivity index (χ3n) is 7.60. The first-order chi connectivity index (χ1) is 17.3. The summed E-state index contributed by atoms with van der Waals surface area (Å²) in [6, 6.07) is 16.7.